The maximum absolute atomic E-state index is 12.2. The number of hydrogen-bond acceptors (Lipinski definition) is 3. The Bertz CT molecular complexity index is 446. The third-order valence-corrected chi connectivity index (χ3v) is 4.62. The number of hydrogen-bond donors (Lipinski definition) is 0. The Balaban J connectivity index is 1.56. The van der Waals surface area contributed by atoms with Gasteiger partial charge in [-0.25, -0.2) is 0 Å². The molecule has 0 unspecified atom stereocenters. The first-order valence-corrected chi connectivity index (χ1v) is 7.82. The molecule has 0 spiro atoms. The molecule has 2 saturated heterocycles. The van der Waals surface area contributed by atoms with Crippen molar-refractivity contribution >= 4 is 21.8 Å². The first-order chi connectivity index (χ1) is 9.24. The van der Waals surface area contributed by atoms with E-state index in [0.717, 1.165) is 25.9 Å². The van der Waals surface area contributed by atoms with E-state index in [1.165, 1.54) is 25.9 Å². The Morgan fingerprint density at radius 1 is 1.16 bits per heavy atom. The Hall–Kier alpha value is -0.810. The van der Waals surface area contributed by atoms with Crippen LogP contribution in [0.4, 0.5) is 0 Å². The minimum Gasteiger partial charge on any atom is -0.444 e. The second kappa shape index (κ2) is 5.67. The number of rotatable bonds is 2. The number of amides is 1. The van der Waals surface area contributed by atoms with Crippen molar-refractivity contribution in [3.63, 3.8) is 0 Å². The van der Waals surface area contributed by atoms with Crippen molar-refractivity contribution in [3.05, 3.63) is 22.6 Å². The Morgan fingerprint density at radius 3 is 2.42 bits per heavy atom. The van der Waals surface area contributed by atoms with E-state index in [-0.39, 0.29) is 5.91 Å². The van der Waals surface area contributed by atoms with E-state index in [1.54, 1.807) is 12.1 Å². The molecular weight excluding hydrogens is 308 g/mol. The predicted octanol–water partition coefficient (Wildman–Crippen LogP) is 2.74. The second-order valence-corrected chi connectivity index (χ2v) is 6.15. The Morgan fingerprint density at radius 2 is 1.84 bits per heavy atom. The standard InChI is InChI=1S/C14H19BrN2O2/c15-13-4-3-12(19-13)14(18)17-9-5-11(6-10-17)16-7-1-2-8-16/h3-4,11H,1-2,5-10H2. The minimum absolute atomic E-state index is 0.0190. The summed E-state index contributed by atoms with van der Waals surface area (Å²) in [6, 6.07) is 4.18. The molecule has 2 aliphatic heterocycles. The minimum atomic E-state index is 0.0190. The average Bonchev–Trinajstić information content (AvgIpc) is 3.09. The van der Waals surface area contributed by atoms with Gasteiger partial charge in [-0.15, -0.1) is 0 Å². The fourth-order valence-electron chi connectivity index (χ4n) is 3.13. The number of piperidine rings is 1. The summed E-state index contributed by atoms with van der Waals surface area (Å²) in [5.74, 6) is 0.456. The summed E-state index contributed by atoms with van der Waals surface area (Å²) < 4.78 is 5.95. The molecule has 5 heteroatoms. The van der Waals surface area contributed by atoms with Crippen LogP contribution < -0.4 is 0 Å². The molecule has 0 aliphatic carbocycles. The highest BCUT2D eigenvalue weighted by atomic mass is 79.9. The van der Waals surface area contributed by atoms with Gasteiger partial charge in [-0.05, 0) is 66.8 Å². The maximum atomic E-state index is 12.2. The first-order valence-electron chi connectivity index (χ1n) is 7.03. The molecule has 0 N–H and O–H groups in total. The zero-order chi connectivity index (χ0) is 13.2. The van der Waals surface area contributed by atoms with Crippen LogP contribution in [0.3, 0.4) is 0 Å². The molecule has 2 fully saturated rings. The van der Waals surface area contributed by atoms with Gasteiger partial charge in [0.1, 0.15) is 0 Å². The van der Waals surface area contributed by atoms with Crippen LogP contribution in [0.25, 0.3) is 0 Å². The fraction of sp³-hybridized carbons (Fsp3) is 0.643. The van der Waals surface area contributed by atoms with Crippen LogP contribution in [0.2, 0.25) is 0 Å². The lowest BCUT2D eigenvalue weighted by Gasteiger charge is -2.36. The van der Waals surface area contributed by atoms with Gasteiger partial charge in [0.2, 0.25) is 0 Å². The van der Waals surface area contributed by atoms with E-state index in [9.17, 15) is 4.79 Å². The first kappa shape index (κ1) is 13.2. The Labute approximate surface area is 121 Å². The molecule has 0 radical (unpaired) electrons. The normalized spacial score (nSPS) is 22.1. The average molecular weight is 327 g/mol. The van der Waals surface area contributed by atoms with Crippen LogP contribution in [0.15, 0.2) is 21.2 Å². The van der Waals surface area contributed by atoms with Crippen molar-refractivity contribution in [3.8, 4) is 0 Å². The molecule has 1 aromatic heterocycles. The zero-order valence-electron chi connectivity index (χ0n) is 11.0. The van der Waals surface area contributed by atoms with Gasteiger partial charge in [0, 0.05) is 19.1 Å². The monoisotopic (exact) mass is 326 g/mol. The largest absolute Gasteiger partial charge is 0.444 e. The van der Waals surface area contributed by atoms with Crippen LogP contribution in [-0.2, 0) is 0 Å². The molecule has 104 valence electrons. The van der Waals surface area contributed by atoms with Crippen LogP contribution >= 0.6 is 15.9 Å². The SMILES string of the molecule is O=C(c1ccc(Br)o1)N1CCC(N2CCCC2)CC1. The summed E-state index contributed by atoms with van der Waals surface area (Å²) in [6.45, 7) is 4.17. The van der Waals surface area contributed by atoms with Crippen molar-refractivity contribution in [2.75, 3.05) is 26.2 Å². The van der Waals surface area contributed by atoms with E-state index in [2.05, 4.69) is 20.8 Å². The molecular formula is C14H19BrN2O2. The summed E-state index contributed by atoms with van der Waals surface area (Å²) in [7, 11) is 0. The van der Waals surface area contributed by atoms with Crippen LogP contribution in [-0.4, -0.2) is 47.9 Å². The maximum Gasteiger partial charge on any atom is 0.289 e. The van der Waals surface area contributed by atoms with Crippen LogP contribution in [0, 0.1) is 0 Å². The molecule has 0 bridgehead atoms. The molecule has 1 amide bonds. The van der Waals surface area contributed by atoms with Crippen LogP contribution in [0.1, 0.15) is 36.2 Å². The van der Waals surface area contributed by atoms with Crippen molar-refractivity contribution in [1.82, 2.24) is 9.80 Å². The lowest BCUT2D eigenvalue weighted by molar-refractivity contribution is 0.0612. The topological polar surface area (TPSA) is 36.7 Å². The third-order valence-electron chi connectivity index (χ3n) is 4.19. The van der Waals surface area contributed by atoms with Gasteiger partial charge in [0.25, 0.3) is 5.91 Å². The summed E-state index contributed by atoms with van der Waals surface area (Å²) in [5, 5.41) is 0. The van der Waals surface area contributed by atoms with E-state index >= 15 is 0 Å². The highest BCUT2D eigenvalue weighted by Gasteiger charge is 2.29. The summed E-state index contributed by atoms with van der Waals surface area (Å²) >= 11 is 3.23. The molecule has 3 rings (SSSR count). The Kier molecular flexibility index (Phi) is 3.93. The van der Waals surface area contributed by atoms with Gasteiger partial charge in [-0.1, -0.05) is 0 Å². The van der Waals surface area contributed by atoms with E-state index in [0.29, 0.717) is 16.5 Å². The summed E-state index contributed by atoms with van der Waals surface area (Å²) in [6.07, 6.45) is 4.85. The van der Waals surface area contributed by atoms with Gasteiger partial charge in [-0.2, -0.15) is 0 Å². The molecule has 0 saturated carbocycles. The summed E-state index contributed by atoms with van der Waals surface area (Å²) in [5.41, 5.74) is 0. The molecule has 19 heavy (non-hydrogen) atoms. The molecule has 1 aromatic rings. The lowest BCUT2D eigenvalue weighted by atomic mass is 10.0. The zero-order valence-corrected chi connectivity index (χ0v) is 12.6. The number of likely N-dealkylation sites (tertiary alicyclic amines) is 2. The smallest absolute Gasteiger partial charge is 0.289 e. The van der Waals surface area contributed by atoms with Crippen molar-refractivity contribution in [2.24, 2.45) is 0 Å². The van der Waals surface area contributed by atoms with E-state index < -0.39 is 0 Å². The van der Waals surface area contributed by atoms with E-state index in [1.807, 2.05) is 4.90 Å². The molecule has 0 atom stereocenters. The van der Waals surface area contributed by atoms with Crippen molar-refractivity contribution < 1.29 is 9.21 Å². The summed E-state index contributed by atoms with van der Waals surface area (Å²) in [4.78, 5) is 16.7. The quantitative estimate of drug-likeness (QED) is 0.838. The van der Waals surface area contributed by atoms with Crippen molar-refractivity contribution in [1.29, 1.82) is 0 Å². The lowest BCUT2D eigenvalue weighted by Crippen LogP contribution is -2.45. The number of nitrogens with zero attached hydrogens (tertiary/aromatic N) is 2. The van der Waals surface area contributed by atoms with Gasteiger partial charge in [0.05, 0.1) is 0 Å². The van der Waals surface area contributed by atoms with E-state index in [4.69, 9.17) is 4.42 Å². The number of furan rings is 1. The van der Waals surface area contributed by atoms with Gasteiger partial charge < -0.3 is 14.2 Å². The van der Waals surface area contributed by atoms with Gasteiger partial charge in [-0.3, -0.25) is 4.79 Å². The third kappa shape index (κ3) is 2.87. The molecule has 4 nitrogen and oxygen atoms in total. The molecule has 0 aromatic carbocycles. The fourth-order valence-corrected chi connectivity index (χ4v) is 3.43. The number of carbonyl (C=O) groups excluding carboxylic acids is 1. The van der Waals surface area contributed by atoms with Gasteiger partial charge >= 0.3 is 0 Å². The second-order valence-electron chi connectivity index (χ2n) is 5.37. The number of carbonyl (C=O) groups is 1. The molecule has 3 heterocycles. The highest BCUT2D eigenvalue weighted by Crippen LogP contribution is 2.23. The van der Waals surface area contributed by atoms with Gasteiger partial charge in [0.15, 0.2) is 10.4 Å². The number of halogens is 1. The molecule has 2 aliphatic rings. The predicted molar refractivity (Wildman–Crippen MR) is 76.1 cm³/mol. The van der Waals surface area contributed by atoms with Crippen molar-refractivity contribution in [2.45, 2.75) is 31.7 Å². The van der Waals surface area contributed by atoms with Crippen LogP contribution in [0.5, 0.6) is 0 Å². The highest BCUT2D eigenvalue weighted by molar-refractivity contribution is 9.10.